The summed E-state index contributed by atoms with van der Waals surface area (Å²) >= 11 is 12.2. The molecular weight excluding hydrogens is 419 g/mol. The standard InChI is InChI=1S/C23H18Cl2N4O/c24-18-8-16(9-19(25)10-18)20-4-3-15(11-26-20)13-29-6-5-21-17(14-29)12-27-23(28-21)22-2-1-7-30-22/h1-4,7-12H,5-6,13-14H2. The maximum Gasteiger partial charge on any atom is 0.195 e. The number of rotatable bonds is 4. The number of hydrogen-bond donors (Lipinski definition) is 0. The second kappa shape index (κ2) is 8.19. The molecule has 0 fully saturated rings. The lowest BCUT2D eigenvalue weighted by Crippen LogP contribution is -2.31. The molecule has 0 saturated carbocycles. The third-order valence-electron chi connectivity index (χ3n) is 5.14. The third-order valence-corrected chi connectivity index (χ3v) is 5.58. The van der Waals surface area contributed by atoms with Crippen LogP contribution in [0.1, 0.15) is 16.8 Å². The molecule has 1 aliphatic rings. The summed E-state index contributed by atoms with van der Waals surface area (Å²) in [5.74, 6) is 1.35. The molecule has 0 unspecified atom stereocenters. The molecule has 0 bridgehead atoms. The molecular formula is C23H18Cl2N4O. The van der Waals surface area contributed by atoms with Gasteiger partial charge in [-0.15, -0.1) is 0 Å². The van der Waals surface area contributed by atoms with Crippen LogP contribution in [0.25, 0.3) is 22.8 Å². The Labute approximate surface area is 184 Å². The predicted octanol–water partition coefficient (Wildman–Crippen LogP) is 5.66. The lowest BCUT2D eigenvalue weighted by atomic mass is 10.1. The number of fused-ring (bicyclic) bond motifs is 1. The molecule has 0 spiro atoms. The van der Waals surface area contributed by atoms with E-state index in [0.717, 1.165) is 54.1 Å². The minimum absolute atomic E-state index is 0.604. The van der Waals surface area contributed by atoms with Gasteiger partial charge < -0.3 is 4.42 Å². The predicted molar refractivity (Wildman–Crippen MR) is 117 cm³/mol. The number of pyridine rings is 1. The van der Waals surface area contributed by atoms with Crippen LogP contribution >= 0.6 is 23.2 Å². The average molecular weight is 437 g/mol. The maximum absolute atomic E-state index is 6.11. The minimum atomic E-state index is 0.604. The van der Waals surface area contributed by atoms with Gasteiger partial charge in [-0.1, -0.05) is 29.3 Å². The SMILES string of the molecule is Clc1cc(Cl)cc(-c2ccc(CN3CCc4nc(-c5ccco5)ncc4C3)cn2)c1. The number of benzene rings is 1. The summed E-state index contributed by atoms with van der Waals surface area (Å²) < 4.78 is 5.41. The highest BCUT2D eigenvalue weighted by atomic mass is 35.5. The number of hydrogen-bond acceptors (Lipinski definition) is 5. The fraction of sp³-hybridized carbons (Fsp3) is 0.174. The van der Waals surface area contributed by atoms with Crippen LogP contribution in [0.3, 0.4) is 0 Å². The summed E-state index contributed by atoms with van der Waals surface area (Å²) in [6.45, 7) is 2.58. The first kappa shape index (κ1) is 19.2. The van der Waals surface area contributed by atoms with Gasteiger partial charge in [0.05, 0.1) is 17.7 Å². The van der Waals surface area contributed by atoms with Crippen LogP contribution in [-0.2, 0) is 19.5 Å². The van der Waals surface area contributed by atoms with Crippen molar-refractivity contribution in [2.75, 3.05) is 6.54 Å². The van der Waals surface area contributed by atoms with Crippen LogP contribution in [-0.4, -0.2) is 26.4 Å². The summed E-state index contributed by atoms with van der Waals surface area (Å²) in [6.07, 6.45) is 6.35. The number of aromatic nitrogens is 3. The number of halogens is 2. The Kier molecular flexibility index (Phi) is 5.25. The van der Waals surface area contributed by atoms with E-state index in [1.807, 2.05) is 42.7 Å². The minimum Gasteiger partial charge on any atom is -0.461 e. The Balaban J connectivity index is 1.28. The molecule has 0 saturated heterocycles. The summed E-state index contributed by atoms with van der Waals surface area (Å²) in [4.78, 5) is 16.1. The van der Waals surface area contributed by atoms with E-state index in [1.54, 1.807) is 12.3 Å². The number of furan rings is 1. The van der Waals surface area contributed by atoms with Gasteiger partial charge >= 0.3 is 0 Å². The van der Waals surface area contributed by atoms with Crippen molar-refractivity contribution in [1.29, 1.82) is 0 Å². The second-order valence-corrected chi connectivity index (χ2v) is 8.19. The molecule has 7 heteroatoms. The molecule has 5 rings (SSSR count). The Morgan fingerprint density at radius 2 is 1.87 bits per heavy atom. The topological polar surface area (TPSA) is 55.1 Å². The van der Waals surface area contributed by atoms with E-state index in [9.17, 15) is 0 Å². The van der Waals surface area contributed by atoms with Gasteiger partial charge in [-0.2, -0.15) is 0 Å². The van der Waals surface area contributed by atoms with Crippen molar-refractivity contribution in [3.05, 3.63) is 88.0 Å². The Bertz CT molecular complexity index is 1160. The van der Waals surface area contributed by atoms with Crippen LogP contribution in [0, 0.1) is 0 Å². The van der Waals surface area contributed by atoms with Gasteiger partial charge in [0.15, 0.2) is 11.6 Å². The average Bonchev–Trinajstić information content (AvgIpc) is 3.28. The van der Waals surface area contributed by atoms with Crippen LogP contribution in [0.2, 0.25) is 10.0 Å². The van der Waals surface area contributed by atoms with Crippen molar-refractivity contribution < 1.29 is 4.42 Å². The quantitative estimate of drug-likeness (QED) is 0.412. The van der Waals surface area contributed by atoms with Gasteiger partial charge in [0.25, 0.3) is 0 Å². The second-order valence-electron chi connectivity index (χ2n) is 7.31. The summed E-state index contributed by atoms with van der Waals surface area (Å²) in [6, 6.07) is 13.3. The molecule has 30 heavy (non-hydrogen) atoms. The summed E-state index contributed by atoms with van der Waals surface area (Å²) in [7, 11) is 0. The maximum atomic E-state index is 6.11. The molecule has 5 nitrogen and oxygen atoms in total. The first-order chi connectivity index (χ1) is 14.6. The zero-order valence-corrected chi connectivity index (χ0v) is 17.6. The Hall–Kier alpha value is -2.73. The summed E-state index contributed by atoms with van der Waals surface area (Å²) in [5.41, 5.74) is 5.18. The lowest BCUT2D eigenvalue weighted by Gasteiger charge is -2.27. The Morgan fingerprint density at radius 3 is 2.60 bits per heavy atom. The molecule has 3 aromatic heterocycles. The van der Waals surface area contributed by atoms with Gasteiger partial charge in [0, 0.05) is 59.6 Å². The lowest BCUT2D eigenvalue weighted by molar-refractivity contribution is 0.242. The number of nitrogens with zero attached hydrogens (tertiary/aromatic N) is 4. The van der Waals surface area contributed by atoms with Crippen LogP contribution in [0.4, 0.5) is 0 Å². The van der Waals surface area contributed by atoms with Crippen molar-refractivity contribution in [3.8, 4) is 22.8 Å². The van der Waals surface area contributed by atoms with E-state index in [-0.39, 0.29) is 0 Å². The molecule has 1 aromatic carbocycles. The van der Waals surface area contributed by atoms with E-state index in [2.05, 4.69) is 20.9 Å². The zero-order valence-electron chi connectivity index (χ0n) is 16.1. The smallest absolute Gasteiger partial charge is 0.195 e. The molecule has 0 N–H and O–H groups in total. The van der Waals surface area contributed by atoms with E-state index in [0.29, 0.717) is 21.6 Å². The fourth-order valence-corrected chi connectivity index (χ4v) is 4.21. The highest BCUT2D eigenvalue weighted by Gasteiger charge is 2.19. The molecule has 4 heterocycles. The monoisotopic (exact) mass is 436 g/mol. The summed E-state index contributed by atoms with van der Waals surface area (Å²) in [5, 5.41) is 1.21. The van der Waals surface area contributed by atoms with Crippen molar-refractivity contribution >= 4 is 23.2 Å². The molecule has 0 atom stereocenters. The van der Waals surface area contributed by atoms with Gasteiger partial charge in [0.1, 0.15) is 0 Å². The largest absolute Gasteiger partial charge is 0.461 e. The van der Waals surface area contributed by atoms with Gasteiger partial charge in [0.2, 0.25) is 0 Å². The van der Waals surface area contributed by atoms with Gasteiger partial charge in [-0.05, 0) is 42.0 Å². The first-order valence-electron chi connectivity index (χ1n) is 9.66. The molecule has 0 aliphatic carbocycles. The normalized spacial score (nSPS) is 13.9. The molecule has 0 amide bonds. The van der Waals surface area contributed by atoms with Gasteiger partial charge in [-0.3, -0.25) is 9.88 Å². The van der Waals surface area contributed by atoms with E-state index >= 15 is 0 Å². The van der Waals surface area contributed by atoms with Crippen molar-refractivity contribution in [2.45, 2.75) is 19.5 Å². The highest BCUT2D eigenvalue weighted by molar-refractivity contribution is 6.35. The van der Waals surface area contributed by atoms with Crippen molar-refractivity contribution in [2.24, 2.45) is 0 Å². The van der Waals surface area contributed by atoms with E-state index in [4.69, 9.17) is 32.6 Å². The van der Waals surface area contributed by atoms with Crippen LogP contribution in [0.5, 0.6) is 0 Å². The molecule has 0 radical (unpaired) electrons. The molecule has 4 aromatic rings. The van der Waals surface area contributed by atoms with Crippen LogP contribution in [0.15, 0.2) is 65.5 Å². The van der Waals surface area contributed by atoms with E-state index in [1.165, 1.54) is 0 Å². The molecule has 1 aliphatic heterocycles. The fourth-order valence-electron chi connectivity index (χ4n) is 3.68. The van der Waals surface area contributed by atoms with E-state index < -0.39 is 0 Å². The van der Waals surface area contributed by atoms with Crippen LogP contribution < -0.4 is 0 Å². The first-order valence-corrected chi connectivity index (χ1v) is 10.4. The molecule has 150 valence electrons. The zero-order chi connectivity index (χ0) is 20.5. The highest BCUT2D eigenvalue weighted by Crippen LogP contribution is 2.27. The van der Waals surface area contributed by atoms with Crippen molar-refractivity contribution in [3.63, 3.8) is 0 Å². The Morgan fingerprint density at radius 1 is 1.00 bits per heavy atom. The van der Waals surface area contributed by atoms with Gasteiger partial charge in [-0.25, -0.2) is 9.97 Å². The van der Waals surface area contributed by atoms with Crippen molar-refractivity contribution in [1.82, 2.24) is 19.9 Å². The third kappa shape index (κ3) is 4.10.